The topological polar surface area (TPSA) is 55.6 Å². The van der Waals surface area contributed by atoms with Crippen LogP contribution in [-0.2, 0) is 11.3 Å². The fourth-order valence-corrected chi connectivity index (χ4v) is 3.52. The van der Waals surface area contributed by atoms with Gasteiger partial charge >= 0.3 is 0 Å². The summed E-state index contributed by atoms with van der Waals surface area (Å²) in [5.74, 6) is 0.918. The zero-order valence-corrected chi connectivity index (χ0v) is 18.7. The molecule has 0 saturated carbocycles. The number of hydrogen-bond donors (Lipinski definition) is 1. The second-order valence-electron chi connectivity index (χ2n) is 8.18. The molecule has 2 N–H and O–H groups in total. The van der Waals surface area contributed by atoms with E-state index in [1.165, 1.54) is 5.56 Å². The number of benzene rings is 1. The van der Waals surface area contributed by atoms with Crippen molar-refractivity contribution in [1.29, 1.82) is 0 Å². The minimum Gasteiger partial charge on any atom is -0.497 e. The molecule has 0 bridgehead atoms. The molecule has 1 rings (SSSR count). The second kappa shape index (κ2) is 12.4. The Labute approximate surface area is 177 Å². The molecule has 0 spiro atoms. The third kappa shape index (κ3) is 8.00. The van der Waals surface area contributed by atoms with Crippen LogP contribution in [0.1, 0.15) is 39.2 Å². The summed E-state index contributed by atoms with van der Waals surface area (Å²) in [6.45, 7) is 11.6. The summed E-state index contributed by atoms with van der Waals surface area (Å²) in [5.41, 5.74) is 8.19. The number of rotatable bonds is 13. The van der Waals surface area contributed by atoms with Crippen molar-refractivity contribution in [3.63, 3.8) is 0 Å². The lowest BCUT2D eigenvalue weighted by Gasteiger charge is -2.38. The molecule has 1 aromatic carbocycles. The molecule has 0 aliphatic rings. The molecule has 0 aliphatic carbocycles. The lowest BCUT2D eigenvalue weighted by atomic mass is 9.82. The minimum atomic E-state index is -0.133. The Morgan fingerprint density at radius 1 is 1.31 bits per heavy atom. The standard InChI is InChI=1S/C25H38N2O2/c1-7-9-10-22(8-2)23(17-26)15-21(19-28)16-25(3,4)27(5)18-20-11-13-24(29-6)14-12-20/h7-14,19,21,23H,2,15-18,26H2,1,3-6H3/b9-7-,22-10+. The summed E-state index contributed by atoms with van der Waals surface area (Å²) in [6, 6.07) is 8.11. The van der Waals surface area contributed by atoms with Crippen molar-refractivity contribution in [3.05, 3.63) is 66.3 Å². The van der Waals surface area contributed by atoms with Gasteiger partial charge in [0.2, 0.25) is 0 Å². The van der Waals surface area contributed by atoms with Gasteiger partial charge in [0.1, 0.15) is 12.0 Å². The number of carbonyl (C=O) groups excluding carboxylic acids is 1. The third-order valence-electron chi connectivity index (χ3n) is 5.63. The Bertz CT molecular complexity index is 689. The van der Waals surface area contributed by atoms with Crippen molar-refractivity contribution in [2.45, 2.75) is 45.7 Å². The predicted molar refractivity (Wildman–Crippen MR) is 123 cm³/mol. The third-order valence-corrected chi connectivity index (χ3v) is 5.63. The first-order chi connectivity index (χ1) is 13.8. The molecule has 0 amide bonds. The van der Waals surface area contributed by atoms with E-state index in [0.717, 1.165) is 37.0 Å². The van der Waals surface area contributed by atoms with Crippen LogP contribution in [0.4, 0.5) is 0 Å². The van der Waals surface area contributed by atoms with Crippen molar-refractivity contribution in [1.82, 2.24) is 4.90 Å². The van der Waals surface area contributed by atoms with Crippen molar-refractivity contribution in [3.8, 4) is 5.75 Å². The highest BCUT2D eigenvalue weighted by Crippen LogP contribution is 2.29. The van der Waals surface area contributed by atoms with E-state index in [-0.39, 0.29) is 17.4 Å². The number of hydrogen-bond acceptors (Lipinski definition) is 4. The average molecular weight is 399 g/mol. The average Bonchev–Trinajstić information content (AvgIpc) is 2.72. The Kier molecular flexibility index (Phi) is 10.6. The van der Waals surface area contributed by atoms with Crippen molar-refractivity contribution in [2.24, 2.45) is 17.6 Å². The van der Waals surface area contributed by atoms with Gasteiger partial charge in [0.05, 0.1) is 7.11 Å². The van der Waals surface area contributed by atoms with E-state index in [9.17, 15) is 4.79 Å². The summed E-state index contributed by atoms with van der Waals surface area (Å²) < 4.78 is 5.23. The van der Waals surface area contributed by atoms with Gasteiger partial charge in [-0.3, -0.25) is 4.90 Å². The molecule has 0 aromatic heterocycles. The Hall–Kier alpha value is -2.17. The van der Waals surface area contributed by atoms with Gasteiger partial charge < -0.3 is 15.3 Å². The molecule has 2 atom stereocenters. The van der Waals surface area contributed by atoms with Gasteiger partial charge in [-0.1, -0.05) is 43.0 Å². The smallest absolute Gasteiger partial charge is 0.123 e. The van der Waals surface area contributed by atoms with Gasteiger partial charge in [0, 0.05) is 18.0 Å². The molecule has 0 saturated heterocycles. The van der Waals surface area contributed by atoms with Crippen LogP contribution in [0, 0.1) is 11.8 Å². The normalized spacial score (nSPS) is 14.8. The van der Waals surface area contributed by atoms with Crippen LogP contribution in [-0.4, -0.2) is 37.4 Å². The Morgan fingerprint density at radius 3 is 2.45 bits per heavy atom. The van der Waals surface area contributed by atoms with Crippen molar-refractivity contribution >= 4 is 6.29 Å². The summed E-state index contributed by atoms with van der Waals surface area (Å²) in [7, 11) is 3.78. The number of allylic oxidation sites excluding steroid dienone is 4. The number of nitrogens with zero attached hydrogens (tertiary/aromatic N) is 1. The van der Waals surface area contributed by atoms with Crippen LogP contribution in [0.5, 0.6) is 5.75 Å². The van der Waals surface area contributed by atoms with Gasteiger partial charge in [-0.25, -0.2) is 0 Å². The van der Waals surface area contributed by atoms with Gasteiger partial charge in [0.25, 0.3) is 0 Å². The van der Waals surface area contributed by atoms with Crippen LogP contribution < -0.4 is 10.5 Å². The summed E-state index contributed by atoms with van der Waals surface area (Å²) in [5, 5.41) is 0. The van der Waals surface area contributed by atoms with Crippen LogP contribution in [0.3, 0.4) is 0 Å². The molecule has 0 aliphatic heterocycles. The highest BCUT2D eigenvalue weighted by molar-refractivity contribution is 5.54. The zero-order valence-electron chi connectivity index (χ0n) is 18.7. The van der Waals surface area contributed by atoms with Crippen LogP contribution in [0.25, 0.3) is 0 Å². The lowest BCUT2D eigenvalue weighted by molar-refractivity contribution is -0.112. The highest BCUT2D eigenvalue weighted by atomic mass is 16.5. The van der Waals surface area contributed by atoms with E-state index in [2.05, 4.69) is 44.5 Å². The maximum absolute atomic E-state index is 11.9. The van der Waals surface area contributed by atoms with Gasteiger partial charge in [0.15, 0.2) is 0 Å². The van der Waals surface area contributed by atoms with E-state index >= 15 is 0 Å². The van der Waals surface area contributed by atoms with Crippen LogP contribution in [0.2, 0.25) is 0 Å². The molecular weight excluding hydrogens is 360 g/mol. The molecule has 160 valence electrons. The number of carbonyl (C=O) groups is 1. The first kappa shape index (κ1) is 24.9. The van der Waals surface area contributed by atoms with E-state index in [1.54, 1.807) is 7.11 Å². The Morgan fingerprint density at radius 2 is 1.97 bits per heavy atom. The molecule has 1 aromatic rings. The van der Waals surface area contributed by atoms with E-state index < -0.39 is 0 Å². The number of ether oxygens (including phenoxy) is 1. The monoisotopic (exact) mass is 398 g/mol. The Balaban J connectivity index is 2.82. The van der Waals surface area contributed by atoms with Crippen LogP contribution in [0.15, 0.2) is 60.7 Å². The predicted octanol–water partition coefficient (Wildman–Crippen LogP) is 4.76. The van der Waals surface area contributed by atoms with Crippen molar-refractivity contribution in [2.75, 3.05) is 20.7 Å². The van der Waals surface area contributed by atoms with E-state index in [1.807, 2.05) is 43.4 Å². The molecule has 0 heterocycles. The summed E-state index contributed by atoms with van der Waals surface area (Å²) in [6.07, 6.45) is 10.4. The molecule has 4 heteroatoms. The molecule has 2 unspecified atom stereocenters. The molecular formula is C25H38N2O2. The van der Waals surface area contributed by atoms with Gasteiger partial charge in [-0.05, 0) is 76.4 Å². The minimum absolute atomic E-state index is 0.0641. The quantitative estimate of drug-likeness (QED) is 0.384. The zero-order chi connectivity index (χ0) is 21.9. The SMILES string of the molecule is C=C/C(=C\C=C/C)C(CN)CC(C=O)CC(C)(C)N(C)Cc1ccc(OC)cc1. The van der Waals surface area contributed by atoms with Crippen molar-refractivity contribution < 1.29 is 9.53 Å². The van der Waals surface area contributed by atoms with Gasteiger partial charge in [-0.15, -0.1) is 0 Å². The number of nitrogens with two attached hydrogens (primary N) is 1. The maximum Gasteiger partial charge on any atom is 0.123 e. The summed E-state index contributed by atoms with van der Waals surface area (Å²) >= 11 is 0. The number of aldehydes is 1. The number of methoxy groups -OCH3 is 1. The highest BCUT2D eigenvalue weighted by Gasteiger charge is 2.29. The molecule has 29 heavy (non-hydrogen) atoms. The first-order valence-corrected chi connectivity index (χ1v) is 10.3. The van der Waals surface area contributed by atoms with Crippen LogP contribution >= 0.6 is 0 Å². The maximum atomic E-state index is 11.9. The second-order valence-corrected chi connectivity index (χ2v) is 8.18. The molecule has 4 nitrogen and oxygen atoms in total. The lowest BCUT2D eigenvalue weighted by Crippen LogP contribution is -2.42. The molecule has 0 radical (unpaired) electrons. The molecule has 0 fully saturated rings. The van der Waals surface area contributed by atoms with E-state index in [0.29, 0.717) is 6.54 Å². The van der Waals surface area contributed by atoms with E-state index in [4.69, 9.17) is 10.5 Å². The first-order valence-electron chi connectivity index (χ1n) is 10.3. The summed E-state index contributed by atoms with van der Waals surface area (Å²) in [4.78, 5) is 14.2. The fraction of sp³-hybridized carbons (Fsp3) is 0.480. The van der Waals surface area contributed by atoms with Gasteiger partial charge in [-0.2, -0.15) is 0 Å². The fourth-order valence-electron chi connectivity index (χ4n) is 3.52. The largest absolute Gasteiger partial charge is 0.497 e.